The van der Waals surface area contributed by atoms with Crippen molar-refractivity contribution >= 4 is 55.2 Å². The molecule has 3 aromatic carbocycles. The Morgan fingerprint density at radius 3 is 2.61 bits per heavy atom. The van der Waals surface area contributed by atoms with E-state index < -0.39 is 0 Å². The van der Waals surface area contributed by atoms with Crippen molar-refractivity contribution in [3.05, 3.63) is 52.4 Å². The molecule has 0 fully saturated rings. The van der Waals surface area contributed by atoms with E-state index in [-0.39, 0.29) is 0 Å². The number of benzene rings is 3. The molecule has 0 saturated carbocycles. The second kappa shape index (κ2) is 3.68. The Kier molecular flexibility index (Phi) is 2.11. The third kappa shape index (κ3) is 1.37. The number of rotatable bonds is 0. The Bertz CT molecular complexity index is 895. The minimum atomic E-state index is 0.683. The molecule has 18 heavy (non-hydrogen) atoms. The number of oxazole rings is 1. The number of aromatic nitrogens is 1. The van der Waals surface area contributed by atoms with Crippen LogP contribution in [0.1, 0.15) is 0 Å². The largest absolute Gasteiger partial charge is 0.431 e. The first kappa shape index (κ1) is 10.3. The second-order valence-corrected chi connectivity index (χ2v) is 5.19. The third-order valence-electron chi connectivity index (χ3n) is 3.24. The molecule has 0 radical (unpaired) electrons. The molecule has 4 rings (SSSR count). The fraction of sp³-hybridized carbons (Fsp3) is 0. The van der Waals surface area contributed by atoms with Gasteiger partial charge in [0.05, 0.1) is 0 Å². The first-order chi connectivity index (χ1) is 8.83. The normalized spacial score (nSPS) is 11.6. The molecule has 0 spiro atoms. The molecule has 86 valence electrons. The number of hydrogen-bond acceptors (Lipinski definition) is 2. The highest BCUT2D eigenvalue weighted by Crippen LogP contribution is 2.32. The average molecular weight is 345 g/mol. The summed E-state index contributed by atoms with van der Waals surface area (Å²) in [5, 5.41) is 4.78. The van der Waals surface area contributed by atoms with Gasteiger partial charge in [-0.05, 0) is 22.2 Å². The Labute approximate surface area is 117 Å². The van der Waals surface area contributed by atoms with Gasteiger partial charge in [0.25, 0.3) is 3.90 Å². The van der Waals surface area contributed by atoms with Crippen LogP contribution < -0.4 is 0 Å². The van der Waals surface area contributed by atoms with Crippen LogP contribution in [0.3, 0.4) is 0 Å². The smallest absolute Gasteiger partial charge is 0.258 e. The van der Waals surface area contributed by atoms with E-state index in [0.717, 1.165) is 16.5 Å². The van der Waals surface area contributed by atoms with E-state index in [0.29, 0.717) is 3.90 Å². The highest BCUT2D eigenvalue weighted by molar-refractivity contribution is 14.1. The van der Waals surface area contributed by atoms with Gasteiger partial charge in [0, 0.05) is 28.0 Å². The minimum Gasteiger partial charge on any atom is -0.431 e. The average Bonchev–Trinajstić information content (AvgIpc) is 2.78. The van der Waals surface area contributed by atoms with Crippen LogP contribution in [0.15, 0.2) is 52.9 Å². The maximum absolute atomic E-state index is 5.76. The van der Waals surface area contributed by atoms with Crippen molar-refractivity contribution in [1.82, 2.24) is 4.98 Å². The van der Waals surface area contributed by atoms with Crippen LogP contribution in [0.2, 0.25) is 0 Å². The number of halogens is 1. The summed E-state index contributed by atoms with van der Waals surface area (Å²) in [7, 11) is 0. The lowest BCUT2D eigenvalue weighted by molar-refractivity contribution is 0.569. The Morgan fingerprint density at radius 2 is 1.67 bits per heavy atom. The first-order valence-corrected chi connectivity index (χ1v) is 6.77. The van der Waals surface area contributed by atoms with Gasteiger partial charge in [-0.15, -0.1) is 0 Å². The lowest BCUT2D eigenvalue weighted by atomic mass is 10.0. The monoisotopic (exact) mass is 345 g/mol. The van der Waals surface area contributed by atoms with Gasteiger partial charge in [-0.25, -0.2) is 4.98 Å². The first-order valence-electron chi connectivity index (χ1n) is 5.69. The molecular weight excluding hydrogens is 337 g/mol. The van der Waals surface area contributed by atoms with Gasteiger partial charge < -0.3 is 4.42 Å². The summed E-state index contributed by atoms with van der Waals surface area (Å²) < 4.78 is 6.45. The van der Waals surface area contributed by atoms with E-state index in [1.54, 1.807) is 0 Å². The van der Waals surface area contributed by atoms with Crippen LogP contribution in [0.4, 0.5) is 0 Å². The maximum Gasteiger partial charge on any atom is 0.258 e. The van der Waals surface area contributed by atoms with Crippen LogP contribution in [0, 0.1) is 3.90 Å². The molecule has 0 bridgehead atoms. The standard InChI is InChI=1S/C15H8INO/c16-15-17-12-8-7-10-6-5-9-3-1-2-4-11(9)13(10)14(12)18-15/h1-8H. The summed E-state index contributed by atoms with van der Waals surface area (Å²) in [4.78, 5) is 4.39. The lowest BCUT2D eigenvalue weighted by Crippen LogP contribution is -1.78. The van der Waals surface area contributed by atoms with Crippen molar-refractivity contribution in [2.45, 2.75) is 0 Å². The van der Waals surface area contributed by atoms with Crippen LogP contribution in [0.5, 0.6) is 0 Å². The molecule has 0 saturated heterocycles. The van der Waals surface area contributed by atoms with E-state index in [4.69, 9.17) is 4.42 Å². The van der Waals surface area contributed by atoms with Gasteiger partial charge in [-0.3, -0.25) is 0 Å². The summed E-state index contributed by atoms with van der Waals surface area (Å²) in [5.41, 5.74) is 1.80. The van der Waals surface area contributed by atoms with Gasteiger partial charge >= 0.3 is 0 Å². The van der Waals surface area contributed by atoms with Crippen molar-refractivity contribution in [2.24, 2.45) is 0 Å². The minimum absolute atomic E-state index is 0.683. The molecule has 3 heteroatoms. The highest BCUT2D eigenvalue weighted by atomic mass is 127. The zero-order valence-corrected chi connectivity index (χ0v) is 11.5. The van der Waals surface area contributed by atoms with Gasteiger partial charge in [0.1, 0.15) is 5.52 Å². The topological polar surface area (TPSA) is 26.0 Å². The van der Waals surface area contributed by atoms with Crippen molar-refractivity contribution < 1.29 is 4.42 Å². The molecule has 0 unspecified atom stereocenters. The van der Waals surface area contributed by atoms with E-state index in [1.807, 2.05) is 6.07 Å². The molecule has 1 aromatic heterocycles. The molecule has 0 aliphatic rings. The molecule has 0 aliphatic heterocycles. The number of fused-ring (bicyclic) bond motifs is 5. The van der Waals surface area contributed by atoms with Crippen molar-refractivity contribution in [1.29, 1.82) is 0 Å². The summed E-state index contributed by atoms with van der Waals surface area (Å²) in [6.45, 7) is 0. The molecule has 0 atom stereocenters. The quantitative estimate of drug-likeness (QED) is 0.340. The molecule has 0 aliphatic carbocycles. The Balaban J connectivity index is 2.37. The molecule has 0 amide bonds. The molecule has 1 heterocycles. The molecule has 4 aromatic rings. The number of hydrogen-bond donors (Lipinski definition) is 0. The summed E-state index contributed by atoms with van der Waals surface area (Å²) in [5.74, 6) is 0. The fourth-order valence-electron chi connectivity index (χ4n) is 2.45. The van der Waals surface area contributed by atoms with Crippen LogP contribution >= 0.6 is 22.6 Å². The zero-order valence-electron chi connectivity index (χ0n) is 9.35. The van der Waals surface area contributed by atoms with Gasteiger partial charge in [0.2, 0.25) is 0 Å². The predicted molar refractivity (Wildman–Crippen MR) is 81.7 cm³/mol. The van der Waals surface area contributed by atoms with E-state index >= 15 is 0 Å². The maximum atomic E-state index is 5.76. The van der Waals surface area contributed by atoms with E-state index in [1.165, 1.54) is 16.2 Å². The molecular formula is C15H8INO. The van der Waals surface area contributed by atoms with Crippen LogP contribution in [-0.4, -0.2) is 4.98 Å². The second-order valence-electron chi connectivity index (χ2n) is 4.27. The van der Waals surface area contributed by atoms with Crippen molar-refractivity contribution in [3.8, 4) is 0 Å². The summed E-state index contributed by atoms with van der Waals surface area (Å²) in [6.07, 6.45) is 0. The Morgan fingerprint density at radius 1 is 0.889 bits per heavy atom. The number of nitrogens with zero attached hydrogens (tertiary/aromatic N) is 1. The molecule has 2 nitrogen and oxygen atoms in total. The highest BCUT2D eigenvalue weighted by Gasteiger charge is 2.10. The zero-order chi connectivity index (χ0) is 12.1. The third-order valence-corrected chi connectivity index (χ3v) is 3.70. The predicted octanol–water partition coefficient (Wildman–Crippen LogP) is 4.74. The van der Waals surface area contributed by atoms with Gasteiger partial charge in [-0.2, -0.15) is 0 Å². The summed E-state index contributed by atoms with van der Waals surface area (Å²) >= 11 is 2.11. The summed E-state index contributed by atoms with van der Waals surface area (Å²) in [6, 6.07) is 16.7. The van der Waals surface area contributed by atoms with Crippen molar-refractivity contribution in [3.63, 3.8) is 0 Å². The van der Waals surface area contributed by atoms with E-state index in [2.05, 4.69) is 70.0 Å². The van der Waals surface area contributed by atoms with Crippen molar-refractivity contribution in [2.75, 3.05) is 0 Å². The van der Waals surface area contributed by atoms with Crippen LogP contribution in [0.25, 0.3) is 32.6 Å². The van der Waals surface area contributed by atoms with E-state index in [9.17, 15) is 0 Å². The lowest BCUT2D eigenvalue weighted by Gasteiger charge is -2.03. The van der Waals surface area contributed by atoms with Gasteiger partial charge in [-0.1, -0.05) is 42.5 Å². The SMILES string of the molecule is Ic1nc2ccc3ccc4ccccc4c3c2o1. The van der Waals surface area contributed by atoms with Crippen LogP contribution in [-0.2, 0) is 0 Å². The Hall–Kier alpha value is -1.62. The molecule has 0 N–H and O–H groups in total. The van der Waals surface area contributed by atoms with Gasteiger partial charge in [0.15, 0.2) is 5.58 Å². The fourth-order valence-corrected chi connectivity index (χ4v) is 2.93.